The maximum absolute atomic E-state index is 12.9. The molecular formula is C27H48N6O9S3. The second-order valence-corrected chi connectivity index (χ2v) is 11.1. The van der Waals surface area contributed by atoms with Crippen molar-refractivity contribution >= 4 is 73.5 Å². The van der Waals surface area contributed by atoms with Gasteiger partial charge in [-0.05, 0) is 20.8 Å². The predicted molar refractivity (Wildman–Crippen MR) is 177 cm³/mol. The molecule has 0 spiro atoms. The van der Waals surface area contributed by atoms with Crippen molar-refractivity contribution in [3.8, 4) is 0 Å². The van der Waals surface area contributed by atoms with Gasteiger partial charge in [0.2, 0.25) is 17.7 Å². The maximum Gasteiger partial charge on any atom is 0.329 e. The van der Waals surface area contributed by atoms with Gasteiger partial charge in [0.15, 0.2) is 0 Å². The highest BCUT2D eigenvalue weighted by Gasteiger charge is 2.27. The van der Waals surface area contributed by atoms with Crippen LogP contribution < -0.4 is 16.0 Å². The zero-order valence-corrected chi connectivity index (χ0v) is 28.9. The fourth-order valence-electron chi connectivity index (χ4n) is 4.25. The van der Waals surface area contributed by atoms with Crippen LogP contribution in [0.5, 0.6) is 0 Å². The zero-order valence-electron chi connectivity index (χ0n) is 26.2. The van der Waals surface area contributed by atoms with Crippen molar-refractivity contribution in [2.24, 2.45) is 0 Å². The third-order valence-electron chi connectivity index (χ3n) is 6.57. The molecule has 3 N–H and O–H groups in total. The van der Waals surface area contributed by atoms with E-state index >= 15 is 0 Å². The Morgan fingerprint density at radius 2 is 0.733 bits per heavy atom. The number of rotatable bonds is 18. The monoisotopic (exact) mass is 696 g/mol. The largest absolute Gasteiger partial charge is 0.464 e. The molecule has 3 amide bonds. The molecule has 1 aliphatic heterocycles. The molecule has 0 aromatic rings. The summed E-state index contributed by atoms with van der Waals surface area (Å²) >= 11 is 12.4. The van der Waals surface area contributed by atoms with Crippen LogP contribution in [0.1, 0.15) is 20.8 Å². The third-order valence-corrected chi connectivity index (χ3v) is 7.66. The van der Waals surface area contributed by atoms with E-state index < -0.39 is 53.8 Å². The summed E-state index contributed by atoms with van der Waals surface area (Å²) in [5.74, 6) is -2.78. The SMILES string of the molecule is CCOC(=O)[C@H](CS)NC(=O)CN1CCN(CC(=O)N[C@@H](CS)C(=O)OCC)CCN(CC(=O)N[C@@H](CS)C(=O)OCC)CC1. The van der Waals surface area contributed by atoms with Crippen molar-refractivity contribution in [1.82, 2.24) is 30.7 Å². The number of thiol groups is 3. The van der Waals surface area contributed by atoms with E-state index in [0.717, 1.165) is 0 Å². The molecule has 1 saturated heterocycles. The van der Waals surface area contributed by atoms with Crippen LogP contribution in [0, 0.1) is 0 Å². The lowest BCUT2D eigenvalue weighted by Gasteiger charge is -2.26. The summed E-state index contributed by atoms with van der Waals surface area (Å²) in [4.78, 5) is 80.6. The van der Waals surface area contributed by atoms with E-state index in [1.165, 1.54) is 0 Å². The van der Waals surface area contributed by atoms with Gasteiger partial charge in [-0.1, -0.05) is 0 Å². The quantitative estimate of drug-likeness (QED) is 0.0521. The predicted octanol–water partition coefficient (Wildman–Crippen LogP) is -2.16. The van der Waals surface area contributed by atoms with E-state index in [4.69, 9.17) is 14.2 Å². The maximum atomic E-state index is 12.9. The standard InChI is InChI=1S/C27H48N6O9S3/c1-4-40-25(37)19(16-43)28-22(34)13-31-7-9-32(14-23(35)29-20(17-44)26(38)41-5-2)11-12-33(10-8-31)15-24(36)30-21(18-45)27(39)42-6-3/h19-21,43-45H,4-18H2,1-3H3,(H,28,34)(H,29,35)(H,30,36)/t19-,20-,21-/m0/s1. The molecule has 3 atom stereocenters. The number of nitrogens with zero attached hydrogens (tertiary/aromatic N) is 3. The highest BCUT2D eigenvalue weighted by atomic mass is 32.1. The number of carbonyl (C=O) groups excluding carboxylic acids is 6. The van der Waals surface area contributed by atoms with Crippen LogP contribution in [0.4, 0.5) is 0 Å². The molecule has 0 radical (unpaired) electrons. The van der Waals surface area contributed by atoms with Gasteiger partial charge in [0.25, 0.3) is 0 Å². The Bertz CT molecular complexity index is 849. The molecule has 1 rings (SSSR count). The summed E-state index contributed by atoms with van der Waals surface area (Å²) in [6.45, 7) is 7.70. The first-order chi connectivity index (χ1) is 21.5. The van der Waals surface area contributed by atoms with E-state index in [9.17, 15) is 28.8 Å². The Hall–Kier alpha value is -2.25. The van der Waals surface area contributed by atoms with Gasteiger partial charge in [-0.25, -0.2) is 14.4 Å². The number of ether oxygens (including phenoxy) is 3. The van der Waals surface area contributed by atoms with Gasteiger partial charge >= 0.3 is 17.9 Å². The normalized spacial score (nSPS) is 16.9. The average molecular weight is 697 g/mol. The van der Waals surface area contributed by atoms with Crippen molar-refractivity contribution in [2.45, 2.75) is 38.9 Å². The molecule has 0 aliphatic carbocycles. The molecule has 1 aliphatic rings. The second-order valence-electron chi connectivity index (χ2n) is 9.99. The Morgan fingerprint density at radius 3 is 0.911 bits per heavy atom. The first-order valence-corrected chi connectivity index (χ1v) is 16.8. The lowest BCUT2D eigenvalue weighted by atomic mass is 10.3. The fourth-order valence-corrected chi connectivity index (χ4v) is 4.97. The lowest BCUT2D eigenvalue weighted by molar-refractivity contribution is -0.147. The number of amides is 3. The van der Waals surface area contributed by atoms with Crippen LogP contribution in [0.3, 0.4) is 0 Å². The first-order valence-electron chi connectivity index (χ1n) is 14.9. The minimum absolute atomic E-state index is 0.0566. The summed E-state index contributed by atoms with van der Waals surface area (Å²) in [5.41, 5.74) is 0. The van der Waals surface area contributed by atoms with E-state index in [1.807, 2.05) is 14.7 Å². The third kappa shape index (κ3) is 16.2. The Labute approximate surface area is 281 Å². The molecule has 258 valence electrons. The molecule has 0 aromatic carbocycles. The molecule has 1 heterocycles. The molecule has 0 unspecified atom stereocenters. The molecule has 0 aromatic heterocycles. The zero-order chi connectivity index (χ0) is 33.8. The van der Waals surface area contributed by atoms with Crippen LogP contribution >= 0.6 is 37.9 Å². The van der Waals surface area contributed by atoms with E-state index in [-0.39, 0.29) is 56.7 Å². The summed E-state index contributed by atoms with van der Waals surface area (Å²) < 4.78 is 15.0. The van der Waals surface area contributed by atoms with Crippen molar-refractivity contribution < 1.29 is 43.0 Å². The Kier molecular flexibility index (Phi) is 21.0. The number of hydrogen-bond donors (Lipinski definition) is 6. The van der Waals surface area contributed by atoms with Crippen molar-refractivity contribution in [3.05, 3.63) is 0 Å². The first kappa shape index (κ1) is 40.8. The van der Waals surface area contributed by atoms with Crippen LogP contribution in [-0.4, -0.2) is 164 Å². The fraction of sp³-hybridized carbons (Fsp3) is 0.778. The Balaban J connectivity index is 3.02. The summed E-state index contributed by atoms with van der Waals surface area (Å²) in [6, 6.07) is -2.72. The van der Waals surface area contributed by atoms with E-state index in [2.05, 4.69) is 53.8 Å². The molecule has 18 heteroatoms. The van der Waals surface area contributed by atoms with E-state index in [1.54, 1.807) is 20.8 Å². The van der Waals surface area contributed by atoms with Gasteiger partial charge in [-0.2, -0.15) is 37.9 Å². The van der Waals surface area contributed by atoms with Gasteiger partial charge in [-0.3, -0.25) is 29.1 Å². The van der Waals surface area contributed by atoms with Crippen molar-refractivity contribution in [1.29, 1.82) is 0 Å². The van der Waals surface area contributed by atoms with Crippen molar-refractivity contribution in [3.63, 3.8) is 0 Å². The molecule has 15 nitrogen and oxygen atoms in total. The average Bonchev–Trinajstić information content (AvgIpc) is 3.08. The van der Waals surface area contributed by atoms with Crippen LogP contribution in [0.2, 0.25) is 0 Å². The van der Waals surface area contributed by atoms with Gasteiger partial charge in [-0.15, -0.1) is 0 Å². The van der Waals surface area contributed by atoms with Gasteiger partial charge < -0.3 is 30.2 Å². The Morgan fingerprint density at radius 1 is 0.511 bits per heavy atom. The minimum atomic E-state index is -0.906. The summed E-state index contributed by atoms with van der Waals surface area (Å²) in [6.07, 6.45) is 0. The molecule has 0 bridgehead atoms. The smallest absolute Gasteiger partial charge is 0.329 e. The molecular weight excluding hydrogens is 649 g/mol. The van der Waals surface area contributed by atoms with Gasteiger partial charge in [0.05, 0.1) is 39.5 Å². The molecule has 45 heavy (non-hydrogen) atoms. The summed E-state index contributed by atoms with van der Waals surface area (Å²) in [5, 5.41) is 7.94. The molecule has 1 fully saturated rings. The van der Waals surface area contributed by atoms with Crippen LogP contribution in [0.15, 0.2) is 0 Å². The summed E-state index contributed by atoms with van der Waals surface area (Å²) in [7, 11) is 0. The van der Waals surface area contributed by atoms with Crippen LogP contribution in [-0.2, 0) is 43.0 Å². The number of carbonyl (C=O) groups is 6. The number of hydrogen-bond acceptors (Lipinski definition) is 15. The lowest BCUT2D eigenvalue weighted by Crippen LogP contribution is -2.50. The van der Waals surface area contributed by atoms with Gasteiger partial charge in [0.1, 0.15) is 18.1 Å². The van der Waals surface area contributed by atoms with Crippen LogP contribution in [0.25, 0.3) is 0 Å². The van der Waals surface area contributed by atoms with E-state index in [0.29, 0.717) is 39.3 Å². The second kappa shape index (κ2) is 23.1. The van der Waals surface area contributed by atoms with Gasteiger partial charge in [0, 0.05) is 56.5 Å². The number of esters is 3. The highest BCUT2D eigenvalue weighted by Crippen LogP contribution is 2.04. The minimum Gasteiger partial charge on any atom is -0.464 e. The number of nitrogens with one attached hydrogen (secondary N) is 3. The highest BCUT2D eigenvalue weighted by molar-refractivity contribution is 7.80. The molecule has 0 saturated carbocycles. The topological polar surface area (TPSA) is 176 Å². The van der Waals surface area contributed by atoms with Crippen molar-refractivity contribution in [2.75, 3.05) is 96.0 Å².